The van der Waals surface area contributed by atoms with E-state index < -0.39 is 0 Å². The van der Waals surface area contributed by atoms with Crippen LogP contribution in [0.15, 0.2) is 22.6 Å². The molecule has 1 aliphatic heterocycles. The minimum absolute atomic E-state index is 0.0305. The number of hydrogen-bond donors (Lipinski definition) is 1. The Bertz CT molecular complexity index is 773. The van der Waals surface area contributed by atoms with Crippen LogP contribution in [0.5, 0.6) is 5.75 Å². The molecule has 1 aromatic carbocycles. The van der Waals surface area contributed by atoms with Crippen LogP contribution in [-0.2, 0) is 4.79 Å². The van der Waals surface area contributed by atoms with Gasteiger partial charge in [-0.1, -0.05) is 0 Å². The first-order valence-electron chi connectivity index (χ1n) is 8.14. The van der Waals surface area contributed by atoms with Crippen LogP contribution in [-0.4, -0.2) is 36.9 Å². The highest BCUT2D eigenvalue weighted by Crippen LogP contribution is 2.31. The Labute approximate surface area is 140 Å². The molecule has 0 atom stereocenters. The second kappa shape index (κ2) is 6.55. The van der Waals surface area contributed by atoms with Gasteiger partial charge in [-0.15, -0.1) is 0 Å². The highest BCUT2D eigenvalue weighted by atomic mass is 16.5. The van der Waals surface area contributed by atoms with Gasteiger partial charge in [-0.2, -0.15) is 0 Å². The number of methoxy groups -OCH3 is 1. The number of primary amides is 1. The van der Waals surface area contributed by atoms with E-state index in [1.807, 2.05) is 23.1 Å². The molecule has 1 fully saturated rings. The van der Waals surface area contributed by atoms with Crippen LogP contribution in [0, 0.1) is 12.8 Å². The summed E-state index contributed by atoms with van der Waals surface area (Å²) in [7, 11) is 1.60. The Morgan fingerprint density at radius 3 is 2.67 bits per heavy atom. The van der Waals surface area contributed by atoms with E-state index >= 15 is 0 Å². The number of benzene rings is 1. The molecule has 24 heavy (non-hydrogen) atoms. The molecule has 1 aliphatic rings. The lowest BCUT2D eigenvalue weighted by molar-refractivity contribution is -0.119. The van der Waals surface area contributed by atoms with Gasteiger partial charge in [-0.3, -0.25) is 9.59 Å². The number of hydrogen-bond acceptors (Lipinski definition) is 4. The van der Waals surface area contributed by atoms with E-state index in [4.69, 9.17) is 14.9 Å². The second-order valence-electron chi connectivity index (χ2n) is 6.30. The van der Waals surface area contributed by atoms with Crippen molar-refractivity contribution >= 4 is 22.8 Å². The predicted molar refractivity (Wildman–Crippen MR) is 89.9 cm³/mol. The summed E-state index contributed by atoms with van der Waals surface area (Å²) in [6.07, 6.45) is 1.99. The van der Waals surface area contributed by atoms with E-state index in [1.165, 1.54) is 0 Å². The fourth-order valence-electron chi connectivity index (χ4n) is 3.37. The summed E-state index contributed by atoms with van der Waals surface area (Å²) in [5.41, 5.74) is 6.54. The molecule has 6 nitrogen and oxygen atoms in total. The van der Waals surface area contributed by atoms with Gasteiger partial charge in [0.1, 0.15) is 17.1 Å². The number of likely N-dealkylation sites (tertiary alicyclic amines) is 1. The second-order valence-corrected chi connectivity index (χ2v) is 6.30. The number of furan rings is 1. The van der Waals surface area contributed by atoms with Crippen LogP contribution < -0.4 is 10.5 Å². The molecule has 1 saturated heterocycles. The van der Waals surface area contributed by atoms with Gasteiger partial charge in [0, 0.05) is 24.9 Å². The van der Waals surface area contributed by atoms with Crippen molar-refractivity contribution in [2.24, 2.45) is 11.7 Å². The molecular weight excluding hydrogens is 308 g/mol. The molecule has 0 bridgehead atoms. The Kier molecular flexibility index (Phi) is 4.46. The van der Waals surface area contributed by atoms with Crippen LogP contribution in [0.25, 0.3) is 11.0 Å². The summed E-state index contributed by atoms with van der Waals surface area (Å²) in [5, 5.41) is 0.774. The minimum Gasteiger partial charge on any atom is -0.497 e. The number of aryl methyl sites for hydroxylation is 1. The lowest BCUT2D eigenvalue weighted by atomic mass is 9.93. The van der Waals surface area contributed by atoms with Gasteiger partial charge < -0.3 is 19.8 Å². The van der Waals surface area contributed by atoms with Gasteiger partial charge in [0.2, 0.25) is 5.91 Å². The maximum atomic E-state index is 13.0. The lowest BCUT2D eigenvalue weighted by Gasteiger charge is -2.31. The first kappa shape index (κ1) is 16.4. The zero-order valence-corrected chi connectivity index (χ0v) is 14.0. The first-order valence-corrected chi connectivity index (χ1v) is 8.14. The Hall–Kier alpha value is -2.50. The van der Waals surface area contributed by atoms with Crippen LogP contribution in [0.3, 0.4) is 0 Å². The van der Waals surface area contributed by atoms with Crippen LogP contribution in [0.2, 0.25) is 0 Å². The summed E-state index contributed by atoms with van der Waals surface area (Å²) in [6.45, 7) is 3.07. The molecule has 3 rings (SSSR count). The van der Waals surface area contributed by atoms with Crippen LogP contribution in [0.1, 0.15) is 35.4 Å². The summed E-state index contributed by atoms with van der Waals surface area (Å²) in [5.74, 6) is 1.27. The van der Waals surface area contributed by atoms with Crippen molar-refractivity contribution in [2.45, 2.75) is 26.2 Å². The Balaban J connectivity index is 1.82. The fourth-order valence-corrected chi connectivity index (χ4v) is 3.37. The maximum absolute atomic E-state index is 13.0. The molecule has 2 heterocycles. The summed E-state index contributed by atoms with van der Waals surface area (Å²) >= 11 is 0. The molecule has 0 radical (unpaired) electrons. The van der Waals surface area contributed by atoms with Crippen molar-refractivity contribution in [1.29, 1.82) is 0 Å². The number of rotatable bonds is 4. The van der Waals surface area contributed by atoms with Gasteiger partial charge in [-0.25, -0.2) is 0 Å². The third kappa shape index (κ3) is 3.09. The highest BCUT2D eigenvalue weighted by Gasteiger charge is 2.28. The third-order valence-electron chi connectivity index (χ3n) is 4.68. The monoisotopic (exact) mass is 330 g/mol. The van der Waals surface area contributed by atoms with E-state index in [2.05, 4.69) is 0 Å². The summed E-state index contributed by atoms with van der Waals surface area (Å²) in [6, 6.07) is 5.46. The molecule has 0 unspecified atom stereocenters. The number of nitrogens with zero attached hydrogens (tertiary/aromatic N) is 1. The lowest BCUT2D eigenvalue weighted by Crippen LogP contribution is -2.39. The van der Waals surface area contributed by atoms with Gasteiger partial charge in [0.25, 0.3) is 5.91 Å². The van der Waals surface area contributed by atoms with Crippen molar-refractivity contribution < 1.29 is 18.7 Å². The quantitative estimate of drug-likeness (QED) is 0.933. The normalized spacial score (nSPS) is 15.7. The maximum Gasteiger partial charge on any atom is 0.258 e. The molecule has 128 valence electrons. The number of ether oxygens (including phenoxy) is 1. The van der Waals surface area contributed by atoms with Gasteiger partial charge in [-0.05, 0) is 43.9 Å². The summed E-state index contributed by atoms with van der Waals surface area (Å²) < 4.78 is 11.0. The number of carbonyl (C=O) groups excluding carboxylic acids is 2. The third-order valence-corrected chi connectivity index (χ3v) is 4.68. The number of piperidine rings is 1. The number of carbonyl (C=O) groups is 2. The molecular formula is C18H22N2O4. The largest absolute Gasteiger partial charge is 0.497 e. The van der Waals surface area contributed by atoms with Crippen molar-refractivity contribution in [3.8, 4) is 5.75 Å². The number of fused-ring (bicyclic) bond motifs is 1. The van der Waals surface area contributed by atoms with E-state index in [0.29, 0.717) is 42.2 Å². The van der Waals surface area contributed by atoms with E-state index in [9.17, 15) is 9.59 Å². The first-order chi connectivity index (χ1) is 11.5. The van der Waals surface area contributed by atoms with Crippen molar-refractivity contribution in [2.75, 3.05) is 20.2 Å². The van der Waals surface area contributed by atoms with Crippen LogP contribution >= 0.6 is 0 Å². The van der Waals surface area contributed by atoms with Gasteiger partial charge in [0.15, 0.2) is 0 Å². The van der Waals surface area contributed by atoms with Crippen LogP contribution in [0.4, 0.5) is 0 Å². The average molecular weight is 330 g/mol. The average Bonchev–Trinajstić information content (AvgIpc) is 2.89. The minimum atomic E-state index is -0.274. The van der Waals surface area contributed by atoms with Gasteiger partial charge in [0.05, 0.1) is 12.7 Å². The molecule has 0 saturated carbocycles. The molecule has 0 spiro atoms. The number of amides is 2. The van der Waals surface area contributed by atoms with E-state index in [1.54, 1.807) is 14.0 Å². The smallest absolute Gasteiger partial charge is 0.258 e. The SMILES string of the molecule is COc1ccc2oc(C)c(C(=O)N3CCC(CC(N)=O)CC3)c2c1. The zero-order chi connectivity index (χ0) is 17.3. The Morgan fingerprint density at radius 2 is 2.04 bits per heavy atom. The topological polar surface area (TPSA) is 85.8 Å². The van der Waals surface area contributed by atoms with Crippen molar-refractivity contribution in [3.63, 3.8) is 0 Å². The van der Waals surface area contributed by atoms with Crippen molar-refractivity contribution in [1.82, 2.24) is 4.90 Å². The summed E-state index contributed by atoms with van der Waals surface area (Å²) in [4.78, 5) is 25.8. The predicted octanol–water partition coefficient (Wildman–Crippen LogP) is 2.48. The Morgan fingerprint density at radius 1 is 1.33 bits per heavy atom. The molecule has 1 aromatic heterocycles. The molecule has 6 heteroatoms. The van der Waals surface area contributed by atoms with Crippen molar-refractivity contribution in [3.05, 3.63) is 29.5 Å². The van der Waals surface area contributed by atoms with E-state index in [0.717, 1.165) is 18.2 Å². The highest BCUT2D eigenvalue weighted by molar-refractivity contribution is 6.07. The van der Waals surface area contributed by atoms with Gasteiger partial charge >= 0.3 is 0 Å². The molecule has 2 aromatic rings. The standard InChI is InChI=1S/C18H22N2O4/c1-11-17(14-10-13(23-2)3-4-15(14)24-11)18(22)20-7-5-12(6-8-20)9-16(19)21/h3-4,10,12H,5-9H2,1-2H3,(H2,19,21). The number of nitrogens with two attached hydrogens (primary N) is 1. The fraction of sp³-hybridized carbons (Fsp3) is 0.444. The molecule has 2 amide bonds. The van der Waals surface area contributed by atoms with E-state index in [-0.39, 0.29) is 17.7 Å². The molecule has 2 N–H and O–H groups in total. The zero-order valence-electron chi connectivity index (χ0n) is 14.0. The molecule has 0 aliphatic carbocycles.